The Morgan fingerprint density at radius 2 is 1.72 bits per heavy atom. The second kappa shape index (κ2) is 8.58. The Kier molecular flexibility index (Phi) is 6.47. The first-order valence-corrected chi connectivity index (χ1v) is 8.83. The highest BCUT2D eigenvalue weighted by Crippen LogP contribution is 2.17. The average Bonchev–Trinajstić information content (AvgIpc) is 3.01. The number of ketones is 1. The lowest BCUT2D eigenvalue weighted by Gasteiger charge is -2.13. The van der Waals surface area contributed by atoms with E-state index < -0.39 is 18.0 Å². The van der Waals surface area contributed by atoms with Crippen LogP contribution in [-0.4, -0.2) is 23.8 Å². The molecule has 0 radical (unpaired) electrons. The number of Topliss-reactive ketones (excluding diaryl/α,β-unsaturated/α-hetero) is 1. The Morgan fingerprint density at radius 3 is 2.32 bits per heavy atom. The van der Waals surface area contributed by atoms with Crippen LogP contribution in [0.5, 0.6) is 0 Å². The van der Waals surface area contributed by atoms with E-state index in [0.29, 0.717) is 10.6 Å². The molecular formula is C19H21NO4S. The van der Waals surface area contributed by atoms with Gasteiger partial charge in [0.1, 0.15) is 0 Å². The zero-order valence-corrected chi connectivity index (χ0v) is 15.3. The molecular weight excluding hydrogens is 338 g/mol. The maximum atomic E-state index is 12.0. The fourth-order valence-electron chi connectivity index (χ4n) is 2.11. The molecule has 25 heavy (non-hydrogen) atoms. The first-order chi connectivity index (χ1) is 11.8. The lowest BCUT2D eigenvalue weighted by Crippen LogP contribution is -2.30. The molecule has 0 aliphatic heterocycles. The summed E-state index contributed by atoms with van der Waals surface area (Å²) < 4.78 is 5.10. The molecule has 0 saturated heterocycles. The Bertz CT molecular complexity index is 764. The summed E-state index contributed by atoms with van der Waals surface area (Å²) in [5.74, 6) is -1.06. The number of hydrogen-bond donors (Lipinski definition) is 1. The highest BCUT2D eigenvalue weighted by Gasteiger charge is 2.19. The van der Waals surface area contributed by atoms with Gasteiger partial charge in [0.25, 0.3) is 5.91 Å². The van der Waals surface area contributed by atoms with Crippen LogP contribution in [-0.2, 0) is 14.3 Å². The molecule has 1 atom stereocenters. The third-order valence-electron chi connectivity index (χ3n) is 3.57. The number of amides is 1. The number of aryl methyl sites for hydroxylation is 2. The Hall–Kier alpha value is -2.47. The van der Waals surface area contributed by atoms with E-state index in [2.05, 4.69) is 5.32 Å². The highest BCUT2D eigenvalue weighted by atomic mass is 32.1. The number of anilines is 1. The van der Waals surface area contributed by atoms with Crippen LogP contribution in [0.2, 0.25) is 0 Å². The maximum Gasteiger partial charge on any atom is 0.307 e. The summed E-state index contributed by atoms with van der Waals surface area (Å²) in [5.41, 5.74) is 1.73. The Morgan fingerprint density at radius 1 is 1.04 bits per heavy atom. The van der Waals surface area contributed by atoms with E-state index in [-0.39, 0.29) is 18.6 Å². The maximum absolute atomic E-state index is 12.0. The number of benzene rings is 1. The summed E-state index contributed by atoms with van der Waals surface area (Å²) in [6, 6.07) is 10.9. The molecule has 1 aromatic carbocycles. The van der Waals surface area contributed by atoms with Crippen LogP contribution in [0.4, 0.5) is 5.69 Å². The minimum atomic E-state index is -0.923. The molecule has 0 bridgehead atoms. The molecule has 132 valence electrons. The zero-order chi connectivity index (χ0) is 18.4. The summed E-state index contributed by atoms with van der Waals surface area (Å²) in [4.78, 5) is 37.5. The summed E-state index contributed by atoms with van der Waals surface area (Å²) >= 11 is 1.40. The lowest BCUT2D eigenvalue weighted by molar-refractivity contribution is -0.153. The van der Waals surface area contributed by atoms with Gasteiger partial charge in [-0.1, -0.05) is 17.7 Å². The van der Waals surface area contributed by atoms with Crippen molar-refractivity contribution in [2.24, 2.45) is 0 Å². The minimum Gasteiger partial charge on any atom is -0.453 e. The number of esters is 1. The van der Waals surface area contributed by atoms with E-state index in [9.17, 15) is 14.4 Å². The summed E-state index contributed by atoms with van der Waals surface area (Å²) in [6.45, 7) is 5.38. The number of rotatable bonds is 7. The van der Waals surface area contributed by atoms with Crippen molar-refractivity contribution in [1.29, 1.82) is 0 Å². The molecule has 0 saturated carbocycles. The van der Waals surface area contributed by atoms with Crippen LogP contribution < -0.4 is 5.32 Å². The van der Waals surface area contributed by atoms with Crippen molar-refractivity contribution in [3.8, 4) is 0 Å². The minimum absolute atomic E-state index is 0.0437. The van der Waals surface area contributed by atoms with Crippen molar-refractivity contribution in [3.05, 3.63) is 51.7 Å². The molecule has 6 heteroatoms. The first-order valence-electron chi connectivity index (χ1n) is 8.02. The third kappa shape index (κ3) is 5.83. The van der Waals surface area contributed by atoms with Gasteiger partial charge in [0.15, 0.2) is 11.9 Å². The highest BCUT2D eigenvalue weighted by molar-refractivity contribution is 7.14. The monoisotopic (exact) mass is 359 g/mol. The molecule has 0 aliphatic rings. The summed E-state index contributed by atoms with van der Waals surface area (Å²) in [5, 5.41) is 2.69. The largest absolute Gasteiger partial charge is 0.453 e. The Balaban J connectivity index is 1.78. The van der Waals surface area contributed by atoms with E-state index >= 15 is 0 Å². The number of ether oxygens (including phenoxy) is 1. The molecule has 5 nitrogen and oxygen atoms in total. The van der Waals surface area contributed by atoms with Crippen LogP contribution in [0.1, 0.15) is 39.9 Å². The van der Waals surface area contributed by atoms with Gasteiger partial charge in [-0.25, -0.2) is 0 Å². The second-order valence-electron chi connectivity index (χ2n) is 5.82. The van der Waals surface area contributed by atoms with Crippen LogP contribution in [0.3, 0.4) is 0 Å². The molecule has 1 heterocycles. The number of hydrogen-bond acceptors (Lipinski definition) is 5. The van der Waals surface area contributed by atoms with Gasteiger partial charge >= 0.3 is 5.97 Å². The summed E-state index contributed by atoms with van der Waals surface area (Å²) in [6.07, 6.45) is -0.892. The van der Waals surface area contributed by atoms with Gasteiger partial charge < -0.3 is 10.1 Å². The smallest absolute Gasteiger partial charge is 0.307 e. The molecule has 0 aliphatic carbocycles. The van der Waals surface area contributed by atoms with E-state index in [0.717, 1.165) is 10.4 Å². The predicted octanol–water partition coefficient (Wildman–Crippen LogP) is 3.90. The van der Waals surface area contributed by atoms with E-state index in [1.54, 1.807) is 18.2 Å². The molecule has 0 spiro atoms. The number of carbonyl (C=O) groups is 3. The van der Waals surface area contributed by atoms with Gasteiger partial charge in [-0.05, 0) is 45.0 Å². The van der Waals surface area contributed by atoms with E-state index in [4.69, 9.17) is 4.74 Å². The normalized spacial score (nSPS) is 11.6. The quantitative estimate of drug-likeness (QED) is 0.601. The number of carbonyl (C=O) groups excluding carboxylic acids is 3. The molecule has 1 N–H and O–H groups in total. The number of nitrogens with one attached hydrogen (secondary N) is 1. The third-order valence-corrected chi connectivity index (χ3v) is 4.61. The fourth-order valence-corrected chi connectivity index (χ4v) is 2.95. The van der Waals surface area contributed by atoms with Gasteiger partial charge in [-0.3, -0.25) is 14.4 Å². The van der Waals surface area contributed by atoms with Crippen molar-refractivity contribution in [2.45, 2.75) is 39.7 Å². The van der Waals surface area contributed by atoms with E-state index in [1.807, 2.05) is 32.0 Å². The van der Waals surface area contributed by atoms with Crippen molar-refractivity contribution in [2.75, 3.05) is 5.32 Å². The van der Waals surface area contributed by atoms with Gasteiger partial charge in [0.2, 0.25) is 0 Å². The van der Waals surface area contributed by atoms with Gasteiger partial charge in [0, 0.05) is 17.0 Å². The molecule has 2 rings (SSSR count). The van der Waals surface area contributed by atoms with Crippen LogP contribution in [0, 0.1) is 13.8 Å². The van der Waals surface area contributed by atoms with Crippen LogP contribution in [0.15, 0.2) is 36.4 Å². The second-order valence-corrected chi connectivity index (χ2v) is 7.11. The van der Waals surface area contributed by atoms with Crippen LogP contribution in [0.25, 0.3) is 0 Å². The topological polar surface area (TPSA) is 72.5 Å². The first kappa shape index (κ1) is 18.9. The fraction of sp³-hybridized carbons (Fsp3) is 0.316. The van der Waals surface area contributed by atoms with Gasteiger partial charge in [-0.15, -0.1) is 11.3 Å². The van der Waals surface area contributed by atoms with E-state index in [1.165, 1.54) is 18.3 Å². The standard InChI is InChI=1S/C19H21NO4S/c1-12-4-7-15(8-5-12)20-19(23)14(3)24-18(22)11-9-16(21)17-10-6-13(2)25-17/h4-8,10,14H,9,11H2,1-3H3,(H,20,23)/t14-/m0/s1. The molecule has 0 fully saturated rings. The zero-order valence-electron chi connectivity index (χ0n) is 14.5. The van der Waals surface area contributed by atoms with Gasteiger partial charge in [0.05, 0.1) is 11.3 Å². The van der Waals surface area contributed by atoms with Crippen molar-refractivity contribution in [3.63, 3.8) is 0 Å². The molecule has 2 aromatic rings. The van der Waals surface area contributed by atoms with Gasteiger partial charge in [-0.2, -0.15) is 0 Å². The molecule has 1 amide bonds. The predicted molar refractivity (Wildman–Crippen MR) is 98.0 cm³/mol. The average molecular weight is 359 g/mol. The number of thiophene rings is 1. The molecule has 0 unspecified atom stereocenters. The lowest BCUT2D eigenvalue weighted by atomic mass is 10.2. The van der Waals surface area contributed by atoms with Crippen molar-refractivity contribution >= 4 is 34.7 Å². The molecule has 1 aromatic heterocycles. The van der Waals surface area contributed by atoms with Crippen LogP contribution >= 0.6 is 11.3 Å². The van der Waals surface area contributed by atoms with Crippen molar-refractivity contribution < 1.29 is 19.1 Å². The SMILES string of the molecule is Cc1ccc(NC(=O)[C@H](C)OC(=O)CCC(=O)c2ccc(C)s2)cc1. The van der Waals surface area contributed by atoms with Crippen molar-refractivity contribution in [1.82, 2.24) is 0 Å². The summed E-state index contributed by atoms with van der Waals surface area (Å²) in [7, 11) is 0. The Labute approximate surface area is 151 Å².